The Balaban J connectivity index is 1.49. The van der Waals surface area contributed by atoms with E-state index in [2.05, 4.69) is 4.98 Å². The molecule has 2 aliphatic carbocycles. The molecule has 3 N–H and O–H groups in total. The van der Waals surface area contributed by atoms with Gasteiger partial charge in [-0.15, -0.1) is 0 Å². The molecule has 46 heavy (non-hydrogen) atoms. The van der Waals surface area contributed by atoms with Crippen LogP contribution in [0.5, 0.6) is 17.2 Å². The molecule has 10 heteroatoms. The van der Waals surface area contributed by atoms with Crippen LogP contribution in [0.15, 0.2) is 59.5 Å². The van der Waals surface area contributed by atoms with Crippen LogP contribution in [0.2, 0.25) is 0 Å². The van der Waals surface area contributed by atoms with Crippen LogP contribution in [0.3, 0.4) is 0 Å². The van der Waals surface area contributed by atoms with Gasteiger partial charge in [0, 0.05) is 41.1 Å². The van der Waals surface area contributed by atoms with Crippen molar-refractivity contribution in [2.24, 2.45) is 0 Å². The van der Waals surface area contributed by atoms with Crippen LogP contribution in [0, 0.1) is 0 Å². The highest BCUT2D eigenvalue weighted by atomic mass is 16.6. The van der Waals surface area contributed by atoms with Crippen LogP contribution in [0.1, 0.15) is 73.6 Å². The van der Waals surface area contributed by atoms with Gasteiger partial charge in [-0.25, -0.2) is 4.79 Å². The number of ether oxygens (including phenoxy) is 4. The summed E-state index contributed by atoms with van der Waals surface area (Å²) in [4.78, 5) is 42.9. The van der Waals surface area contributed by atoms with Gasteiger partial charge in [0.2, 0.25) is 5.76 Å². The van der Waals surface area contributed by atoms with Crippen molar-refractivity contribution >= 4 is 34.5 Å². The average molecular weight is 626 g/mol. The van der Waals surface area contributed by atoms with Crippen LogP contribution < -0.4 is 14.2 Å². The number of benzene rings is 2. The first-order chi connectivity index (χ1) is 22.2. The summed E-state index contributed by atoms with van der Waals surface area (Å²) in [5.74, 6) is -1.20. The zero-order chi connectivity index (χ0) is 32.3. The van der Waals surface area contributed by atoms with Crippen molar-refractivity contribution in [3.05, 3.63) is 81.8 Å². The Morgan fingerprint density at radius 3 is 2.78 bits per heavy atom. The zero-order valence-electron chi connectivity index (χ0n) is 25.8. The third-order valence-corrected chi connectivity index (χ3v) is 9.64. The number of hydrogen-bond donors (Lipinski definition) is 3. The van der Waals surface area contributed by atoms with Crippen molar-refractivity contribution in [3.63, 3.8) is 0 Å². The normalized spacial score (nSPS) is 26.6. The number of aliphatic hydroxyl groups is 2. The van der Waals surface area contributed by atoms with Gasteiger partial charge in [0.15, 0.2) is 6.29 Å². The van der Waals surface area contributed by atoms with Gasteiger partial charge in [-0.1, -0.05) is 23.8 Å². The van der Waals surface area contributed by atoms with E-state index in [-0.39, 0.29) is 41.5 Å². The Morgan fingerprint density at radius 2 is 2.04 bits per heavy atom. The summed E-state index contributed by atoms with van der Waals surface area (Å²) < 4.78 is 24.0. The Labute approximate surface area is 265 Å². The van der Waals surface area contributed by atoms with Crippen molar-refractivity contribution in [1.29, 1.82) is 0 Å². The number of carbonyl (C=O) groups excluding carboxylic acids is 3. The predicted octanol–water partition coefficient (Wildman–Crippen LogP) is 4.92. The molecule has 4 atom stereocenters. The molecule has 7 rings (SSSR count). The van der Waals surface area contributed by atoms with E-state index >= 15 is 0 Å². The highest BCUT2D eigenvalue weighted by Crippen LogP contribution is 2.60. The number of allylic oxidation sites excluding steroid dienone is 3. The first kappa shape index (κ1) is 30.0. The lowest BCUT2D eigenvalue weighted by molar-refractivity contribution is -0.141. The Morgan fingerprint density at radius 1 is 1.22 bits per heavy atom. The fourth-order valence-electron chi connectivity index (χ4n) is 7.49. The van der Waals surface area contributed by atoms with Gasteiger partial charge in [0.25, 0.3) is 0 Å². The number of aromatic amines is 1. The van der Waals surface area contributed by atoms with E-state index < -0.39 is 36.1 Å². The van der Waals surface area contributed by atoms with Gasteiger partial charge < -0.3 is 34.1 Å². The molecule has 0 radical (unpaired) electrons. The molecule has 1 saturated carbocycles. The molecule has 0 amide bonds. The first-order valence-corrected chi connectivity index (χ1v) is 15.5. The van der Waals surface area contributed by atoms with E-state index in [9.17, 15) is 24.6 Å². The molecule has 3 aromatic rings. The van der Waals surface area contributed by atoms with Gasteiger partial charge >= 0.3 is 5.97 Å². The number of methoxy groups -OCH3 is 1. The summed E-state index contributed by atoms with van der Waals surface area (Å²) in [5.41, 5.74) is 3.05. The van der Waals surface area contributed by atoms with E-state index in [1.54, 1.807) is 13.8 Å². The fraction of sp³-hybridized carbons (Fsp3) is 0.361. The predicted molar refractivity (Wildman–Crippen MR) is 168 cm³/mol. The Bertz CT molecular complexity index is 1890. The number of rotatable bonds is 6. The Kier molecular flexibility index (Phi) is 7.37. The topological polar surface area (TPSA) is 144 Å². The van der Waals surface area contributed by atoms with Crippen molar-refractivity contribution in [2.75, 3.05) is 13.7 Å². The summed E-state index contributed by atoms with van der Waals surface area (Å²) in [7, 11) is 1.50. The molecule has 1 aromatic heterocycles. The van der Waals surface area contributed by atoms with Gasteiger partial charge in [-0.3, -0.25) is 9.59 Å². The number of carbonyl (C=O) groups is 3. The number of H-pyrrole nitrogens is 1. The van der Waals surface area contributed by atoms with Gasteiger partial charge in [-0.05, 0) is 62.3 Å². The molecular formula is C36H35NO9. The van der Waals surface area contributed by atoms with Crippen molar-refractivity contribution in [2.45, 2.75) is 69.7 Å². The molecule has 0 bridgehead atoms. The molecule has 0 saturated heterocycles. The minimum absolute atomic E-state index is 0.0149. The van der Waals surface area contributed by atoms with Gasteiger partial charge in [0.1, 0.15) is 34.7 Å². The number of fused-ring (bicyclic) bond motifs is 5. The standard InChI is InChI=1S/C36H35NO9/c1-4-44-35(41)32-23(16-38)27(20-8-10-26(40)22(15-20)18-7-9-25-19(14-18)11-13-37-25)29-31(45-32)24(17-39)30-28(33(29)43-3)21-6-5-12-36(2,42)34(21)46-30/h5-7,9,11,13-14,16,21-22,34,37,39,42H,4,8,10,12,15,17H2,1-3H3. The molecular weight excluding hydrogens is 590 g/mol. The minimum Gasteiger partial charge on any atom is -0.496 e. The summed E-state index contributed by atoms with van der Waals surface area (Å²) >= 11 is 0. The number of aromatic nitrogens is 1. The SMILES string of the molecule is CCOC(=O)C1=C(C=O)C(=C2CCC(=O)C(c3ccc4[nH]ccc4c3)C2)c2c(c(CO)c3c(c2OC)C2C=CCC(C)(O)C2O3)O1. The summed E-state index contributed by atoms with van der Waals surface area (Å²) in [6.45, 7) is 2.87. The van der Waals surface area contributed by atoms with Gasteiger partial charge in [0.05, 0.1) is 37.0 Å². The summed E-state index contributed by atoms with van der Waals surface area (Å²) in [5, 5.41) is 23.0. The van der Waals surface area contributed by atoms with E-state index in [1.165, 1.54) is 7.11 Å². The zero-order valence-corrected chi connectivity index (χ0v) is 25.8. The number of aldehydes is 1. The largest absolute Gasteiger partial charge is 0.496 e. The summed E-state index contributed by atoms with van der Waals surface area (Å²) in [6.07, 6.45) is 6.83. The highest BCUT2D eigenvalue weighted by Gasteiger charge is 2.51. The third-order valence-electron chi connectivity index (χ3n) is 9.64. The highest BCUT2D eigenvalue weighted by molar-refractivity contribution is 6.11. The number of Topliss-reactive ketones (excluding diaryl/α,β-unsaturated/α-hetero) is 1. The van der Waals surface area contributed by atoms with Gasteiger partial charge in [-0.2, -0.15) is 0 Å². The Hall–Kier alpha value is -4.67. The smallest absolute Gasteiger partial charge is 0.375 e. The maximum absolute atomic E-state index is 13.4. The molecule has 2 aromatic carbocycles. The average Bonchev–Trinajstić information content (AvgIpc) is 3.68. The minimum atomic E-state index is -1.21. The molecule has 238 valence electrons. The second-order valence-electron chi connectivity index (χ2n) is 12.4. The number of nitrogens with one attached hydrogen (secondary N) is 1. The van der Waals surface area contributed by atoms with E-state index in [4.69, 9.17) is 18.9 Å². The summed E-state index contributed by atoms with van der Waals surface area (Å²) in [6, 6.07) is 7.83. The second kappa shape index (κ2) is 11.3. The van der Waals surface area contributed by atoms with E-state index in [0.717, 1.165) is 22.0 Å². The lowest BCUT2D eigenvalue weighted by Gasteiger charge is -2.34. The third kappa shape index (κ3) is 4.50. The second-order valence-corrected chi connectivity index (χ2v) is 12.4. The maximum Gasteiger partial charge on any atom is 0.375 e. The molecule has 0 spiro atoms. The van der Waals surface area contributed by atoms with Crippen molar-refractivity contribution in [1.82, 2.24) is 4.98 Å². The molecule has 4 unspecified atom stereocenters. The van der Waals surface area contributed by atoms with Crippen LogP contribution >= 0.6 is 0 Å². The number of hydrogen-bond acceptors (Lipinski definition) is 9. The molecule has 10 nitrogen and oxygen atoms in total. The van der Waals surface area contributed by atoms with Crippen LogP contribution in [0.4, 0.5) is 0 Å². The molecule has 1 fully saturated rings. The maximum atomic E-state index is 13.4. The first-order valence-electron chi connectivity index (χ1n) is 15.5. The van der Waals surface area contributed by atoms with Crippen LogP contribution in [-0.4, -0.2) is 58.7 Å². The lowest BCUT2D eigenvalue weighted by atomic mass is 9.74. The number of aliphatic hydroxyl groups excluding tert-OH is 1. The van der Waals surface area contributed by atoms with E-state index in [0.29, 0.717) is 53.7 Å². The number of esters is 1. The molecule has 4 aliphatic rings. The van der Waals surface area contributed by atoms with Crippen molar-refractivity contribution < 1.29 is 43.5 Å². The molecule has 3 heterocycles. The van der Waals surface area contributed by atoms with Crippen LogP contribution in [0.25, 0.3) is 16.5 Å². The fourth-order valence-corrected chi connectivity index (χ4v) is 7.49. The quantitative estimate of drug-likeness (QED) is 0.197. The lowest BCUT2D eigenvalue weighted by Crippen LogP contribution is -2.45. The monoisotopic (exact) mass is 625 g/mol. The van der Waals surface area contributed by atoms with E-state index in [1.807, 2.05) is 42.6 Å². The van der Waals surface area contributed by atoms with Crippen molar-refractivity contribution in [3.8, 4) is 17.2 Å². The van der Waals surface area contributed by atoms with Crippen LogP contribution in [-0.2, 0) is 25.7 Å². The molecule has 2 aliphatic heterocycles. The number of ketones is 1.